The number of anilines is 2. The molecule has 0 unspecified atom stereocenters. The number of hydrogen-bond acceptors (Lipinski definition) is 6. The fraction of sp³-hybridized carbons (Fsp3) is 0.381. The van der Waals surface area contributed by atoms with Gasteiger partial charge in [0.1, 0.15) is 17.0 Å². The molecule has 0 N–H and O–H groups in total. The van der Waals surface area contributed by atoms with Gasteiger partial charge in [0.2, 0.25) is 0 Å². The van der Waals surface area contributed by atoms with Gasteiger partial charge in [0.15, 0.2) is 5.78 Å². The Morgan fingerprint density at radius 3 is 2.48 bits per heavy atom. The number of piperazine rings is 1. The summed E-state index contributed by atoms with van der Waals surface area (Å²) in [7, 11) is 0. The fourth-order valence-corrected chi connectivity index (χ4v) is 5.46. The number of ketones is 1. The van der Waals surface area contributed by atoms with Gasteiger partial charge in [0.25, 0.3) is 0 Å². The minimum Gasteiger partial charge on any atom is -0.368 e. The molecule has 1 aromatic carbocycles. The predicted molar refractivity (Wildman–Crippen MR) is 110 cm³/mol. The summed E-state index contributed by atoms with van der Waals surface area (Å²) in [6.07, 6.45) is 5.34. The van der Waals surface area contributed by atoms with Crippen LogP contribution < -0.4 is 9.80 Å². The maximum Gasteiger partial charge on any atom is 0.159 e. The van der Waals surface area contributed by atoms with Crippen molar-refractivity contribution in [1.29, 1.82) is 0 Å². The molecule has 3 heterocycles. The van der Waals surface area contributed by atoms with Crippen molar-refractivity contribution in [3.8, 4) is 0 Å². The third-order valence-corrected chi connectivity index (χ3v) is 6.90. The van der Waals surface area contributed by atoms with Gasteiger partial charge in [-0.1, -0.05) is 0 Å². The van der Waals surface area contributed by atoms with Gasteiger partial charge in [-0.3, -0.25) is 4.79 Å². The standard InChI is InChI=1S/C21H22N4OS/c1-14(26)15-5-7-16(8-6-15)24-9-11-25(12-10-24)20-19-17-3-2-4-18(17)27-21(19)23-13-22-20/h5-8,13H,2-4,9-12H2,1H3. The maximum absolute atomic E-state index is 11.5. The Kier molecular flexibility index (Phi) is 4.08. The third-order valence-electron chi connectivity index (χ3n) is 5.70. The van der Waals surface area contributed by atoms with Crippen LogP contribution in [0.15, 0.2) is 30.6 Å². The van der Waals surface area contributed by atoms with E-state index in [4.69, 9.17) is 0 Å². The predicted octanol–water partition coefficient (Wildman–Crippen LogP) is 3.71. The summed E-state index contributed by atoms with van der Waals surface area (Å²) < 4.78 is 0. The maximum atomic E-state index is 11.5. The Hall–Kier alpha value is -2.47. The molecule has 0 atom stereocenters. The van der Waals surface area contributed by atoms with Crippen LogP contribution in [-0.2, 0) is 12.8 Å². The molecule has 0 bridgehead atoms. The zero-order valence-corrected chi connectivity index (χ0v) is 16.3. The number of hydrogen-bond donors (Lipinski definition) is 0. The molecule has 6 heteroatoms. The number of Topliss-reactive ketones (excluding diaryl/α,β-unsaturated/α-hetero) is 1. The van der Waals surface area contributed by atoms with Gasteiger partial charge < -0.3 is 9.80 Å². The van der Waals surface area contributed by atoms with Crippen LogP contribution in [0, 0.1) is 0 Å². The van der Waals surface area contributed by atoms with Crippen molar-refractivity contribution in [2.75, 3.05) is 36.0 Å². The summed E-state index contributed by atoms with van der Waals surface area (Å²) >= 11 is 1.85. The van der Waals surface area contributed by atoms with Gasteiger partial charge >= 0.3 is 0 Å². The number of nitrogens with zero attached hydrogens (tertiary/aromatic N) is 4. The number of carbonyl (C=O) groups excluding carboxylic acids is 1. The van der Waals surface area contributed by atoms with Crippen molar-refractivity contribution in [3.05, 3.63) is 46.6 Å². The highest BCUT2D eigenvalue weighted by atomic mass is 32.1. The Bertz CT molecular complexity index is 1000. The number of carbonyl (C=O) groups is 1. The van der Waals surface area contributed by atoms with E-state index in [2.05, 4.69) is 31.9 Å². The molecule has 1 fully saturated rings. The number of benzene rings is 1. The Balaban J connectivity index is 1.36. The second-order valence-electron chi connectivity index (χ2n) is 7.31. The third kappa shape index (κ3) is 2.88. The van der Waals surface area contributed by atoms with Crippen LogP contribution in [0.25, 0.3) is 10.2 Å². The van der Waals surface area contributed by atoms with Crippen molar-refractivity contribution in [3.63, 3.8) is 0 Å². The molecular weight excluding hydrogens is 356 g/mol. The van der Waals surface area contributed by atoms with E-state index >= 15 is 0 Å². The number of thiophene rings is 1. The smallest absolute Gasteiger partial charge is 0.159 e. The highest BCUT2D eigenvalue weighted by Gasteiger charge is 2.25. The lowest BCUT2D eigenvalue weighted by atomic mass is 10.1. The SMILES string of the molecule is CC(=O)c1ccc(N2CCN(c3ncnc4sc5c(c34)CCC5)CC2)cc1. The molecule has 5 rings (SSSR count). The number of aryl methyl sites for hydroxylation is 2. The van der Waals surface area contributed by atoms with Crippen LogP contribution in [-0.4, -0.2) is 41.9 Å². The summed E-state index contributed by atoms with van der Waals surface area (Å²) in [6.45, 7) is 5.42. The van der Waals surface area contributed by atoms with Crippen molar-refractivity contribution in [2.24, 2.45) is 0 Å². The first kappa shape index (κ1) is 16.7. The molecule has 1 aliphatic heterocycles. The molecular formula is C21H22N4OS. The molecule has 0 spiro atoms. The summed E-state index contributed by atoms with van der Waals surface area (Å²) in [5.74, 6) is 1.23. The van der Waals surface area contributed by atoms with Gasteiger partial charge in [-0.2, -0.15) is 0 Å². The van der Waals surface area contributed by atoms with E-state index in [-0.39, 0.29) is 5.78 Å². The van der Waals surface area contributed by atoms with Gasteiger partial charge in [-0.25, -0.2) is 9.97 Å². The van der Waals surface area contributed by atoms with E-state index in [0.717, 1.165) is 48.8 Å². The van der Waals surface area contributed by atoms with E-state index in [1.54, 1.807) is 13.3 Å². The molecule has 0 amide bonds. The van der Waals surface area contributed by atoms with E-state index < -0.39 is 0 Å². The lowest BCUT2D eigenvalue weighted by molar-refractivity contribution is 0.101. The lowest BCUT2D eigenvalue weighted by Crippen LogP contribution is -2.47. The summed E-state index contributed by atoms with van der Waals surface area (Å²) in [5.41, 5.74) is 3.45. The van der Waals surface area contributed by atoms with Crippen molar-refractivity contribution >= 4 is 38.8 Å². The average molecular weight is 379 g/mol. The van der Waals surface area contributed by atoms with Crippen LogP contribution in [0.2, 0.25) is 0 Å². The van der Waals surface area contributed by atoms with Gasteiger partial charge in [-0.15, -0.1) is 11.3 Å². The molecule has 2 aromatic heterocycles. The molecule has 5 nitrogen and oxygen atoms in total. The zero-order chi connectivity index (χ0) is 18.4. The largest absolute Gasteiger partial charge is 0.368 e. The summed E-state index contributed by atoms with van der Waals surface area (Å²) in [5, 5.41) is 1.30. The molecule has 1 aliphatic carbocycles. The van der Waals surface area contributed by atoms with E-state index in [1.807, 2.05) is 23.5 Å². The van der Waals surface area contributed by atoms with E-state index in [1.165, 1.54) is 34.4 Å². The van der Waals surface area contributed by atoms with Crippen molar-refractivity contribution in [1.82, 2.24) is 9.97 Å². The monoisotopic (exact) mass is 378 g/mol. The van der Waals surface area contributed by atoms with E-state index in [0.29, 0.717) is 0 Å². The number of fused-ring (bicyclic) bond motifs is 3. The molecule has 2 aliphatic rings. The van der Waals surface area contributed by atoms with Crippen LogP contribution in [0.5, 0.6) is 0 Å². The Morgan fingerprint density at radius 1 is 1.00 bits per heavy atom. The number of aromatic nitrogens is 2. The molecule has 0 radical (unpaired) electrons. The molecule has 27 heavy (non-hydrogen) atoms. The Labute approximate surface area is 162 Å². The molecule has 138 valence electrons. The molecule has 1 saturated heterocycles. The topological polar surface area (TPSA) is 49.3 Å². The minimum atomic E-state index is 0.113. The Morgan fingerprint density at radius 2 is 1.74 bits per heavy atom. The fourth-order valence-electron chi connectivity index (χ4n) is 4.24. The van der Waals surface area contributed by atoms with Crippen LogP contribution in [0.1, 0.15) is 34.1 Å². The summed E-state index contributed by atoms with van der Waals surface area (Å²) in [6, 6.07) is 7.96. The average Bonchev–Trinajstić information content (AvgIpc) is 3.29. The summed E-state index contributed by atoms with van der Waals surface area (Å²) in [4.78, 5) is 28.1. The van der Waals surface area contributed by atoms with Crippen molar-refractivity contribution in [2.45, 2.75) is 26.2 Å². The number of rotatable bonds is 3. The van der Waals surface area contributed by atoms with Crippen molar-refractivity contribution < 1.29 is 4.79 Å². The zero-order valence-electron chi connectivity index (χ0n) is 15.4. The van der Waals surface area contributed by atoms with Crippen LogP contribution >= 0.6 is 11.3 Å². The van der Waals surface area contributed by atoms with Gasteiger partial charge in [0.05, 0.1) is 5.39 Å². The molecule has 3 aromatic rings. The highest BCUT2D eigenvalue weighted by molar-refractivity contribution is 7.19. The van der Waals surface area contributed by atoms with E-state index in [9.17, 15) is 4.79 Å². The van der Waals surface area contributed by atoms with Gasteiger partial charge in [-0.05, 0) is 56.0 Å². The lowest BCUT2D eigenvalue weighted by Gasteiger charge is -2.37. The first-order valence-corrected chi connectivity index (χ1v) is 10.4. The van der Waals surface area contributed by atoms with Gasteiger partial charge in [0, 0.05) is 42.3 Å². The van der Waals surface area contributed by atoms with Crippen LogP contribution in [0.4, 0.5) is 11.5 Å². The minimum absolute atomic E-state index is 0.113. The second-order valence-corrected chi connectivity index (χ2v) is 8.40. The normalized spacial score (nSPS) is 16.8. The first-order valence-electron chi connectivity index (χ1n) is 9.57. The highest BCUT2D eigenvalue weighted by Crippen LogP contribution is 2.40. The first-order chi connectivity index (χ1) is 13.2. The quantitative estimate of drug-likeness (QED) is 0.650. The van der Waals surface area contributed by atoms with Crippen LogP contribution in [0.3, 0.4) is 0 Å². The molecule has 0 saturated carbocycles. The second kappa shape index (κ2) is 6.60.